The average Bonchev–Trinajstić information content (AvgIpc) is 2.77. The number of Topliss-reactive ketones (excluding diaryl/α,β-unsaturated/α-hetero) is 1. The molecule has 5 nitrogen and oxygen atoms in total. The van der Waals surface area contributed by atoms with E-state index in [1.165, 1.54) is 13.8 Å². The van der Waals surface area contributed by atoms with Crippen LogP contribution in [-0.2, 0) is 21.1 Å². The average molecular weight is 374 g/mol. The minimum atomic E-state index is -3.46. The number of ketones is 1. The van der Waals surface area contributed by atoms with Gasteiger partial charge in [-0.25, -0.2) is 8.42 Å². The van der Waals surface area contributed by atoms with Gasteiger partial charge in [0, 0.05) is 35.4 Å². The summed E-state index contributed by atoms with van der Waals surface area (Å²) in [6.07, 6.45) is 1.77. The van der Waals surface area contributed by atoms with Crippen LogP contribution in [0.3, 0.4) is 0 Å². The molecule has 0 N–H and O–H groups in total. The van der Waals surface area contributed by atoms with Gasteiger partial charge in [0.2, 0.25) is 5.91 Å². The third-order valence-electron chi connectivity index (χ3n) is 3.72. The van der Waals surface area contributed by atoms with Gasteiger partial charge in [-0.3, -0.25) is 9.59 Å². The molecule has 2 rings (SSSR count). The Morgan fingerprint density at radius 1 is 1.33 bits per heavy atom. The summed E-state index contributed by atoms with van der Waals surface area (Å²) in [5.41, 5.74) is 1.95. The van der Waals surface area contributed by atoms with Gasteiger partial charge in [-0.1, -0.05) is 15.9 Å². The number of amides is 1. The SMILES string of the molecule is CC(=O)N1CCc2cc(Br)c(C(=O)C(C)S(C)(=O)=O)cc21. The number of hydrogen-bond acceptors (Lipinski definition) is 4. The van der Waals surface area contributed by atoms with Crippen LogP contribution in [-0.4, -0.2) is 38.2 Å². The highest BCUT2D eigenvalue weighted by molar-refractivity contribution is 9.10. The minimum Gasteiger partial charge on any atom is -0.312 e. The first-order chi connectivity index (χ1) is 9.62. The smallest absolute Gasteiger partial charge is 0.223 e. The molecule has 0 radical (unpaired) electrons. The predicted octanol–water partition coefficient (Wildman–Crippen LogP) is 1.97. The second-order valence-electron chi connectivity index (χ2n) is 5.22. The number of hydrogen-bond donors (Lipinski definition) is 0. The summed E-state index contributed by atoms with van der Waals surface area (Å²) >= 11 is 3.32. The van der Waals surface area contributed by atoms with E-state index in [4.69, 9.17) is 0 Å². The molecule has 7 heteroatoms. The van der Waals surface area contributed by atoms with Gasteiger partial charge in [0.1, 0.15) is 5.25 Å². The summed E-state index contributed by atoms with van der Waals surface area (Å²) in [4.78, 5) is 25.6. The van der Waals surface area contributed by atoms with Crippen LogP contribution in [0.5, 0.6) is 0 Å². The summed E-state index contributed by atoms with van der Waals surface area (Å²) in [6, 6.07) is 3.40. The van der Waals surface area contributed by atoms with Crippen molar-refractivity contribution in [1.82, 2.24) is 0 Å². The molecular weight excluding hydrogens is 358 g/mol. The molecule has 114 valence electrons. The number of sulfone groups is 1. The lowest BCUT2D eigenvalue weighted by molar-refractivity contribution is -0.116. The summed E-state index contributed by atoms with van der Waals surface area (Å²) in [6.45, 7) is 3.42. The molecule has 1 atom stereocenters. The predicted molar refractivity (Wildman–Crippen MR) is 84.5 cm³/mol. The molecule has 0 fully saturated rings. The van der Waals surface area contributed by atoms with Crippen molar-refractivity contribution in [2.24, 2.45) is 0 Å². The van der Waals surface area contributed by atoms with Gasteiger partial charge in [0.05, 0.1) is 0 Å². The zero-order valence-electron chi connectivity index (χ0n) is 12.0. The molecule has 21 heavy (non-hydrogen) atoms. The topological polar surface area (TPSA) is 71.5 Å². The van der Waals surface area contributed by atoms with Crippen molar-refractivity contribution >= 4 is 43.1 Å². The fraction of sp³-hybridized carbons (Fsp3) is 0.429. The lowest BCUT2D eigenvalue weighted by Crippen LogP contribution is -2.28. The van der Waals surface area contributed by atoms with E-state index in [0.717, 1.165) is 18.2 Å². The monoisotopic (exact) mass is 373 g/mol. The van der Waals surface area contributed by atoms with E-state index in [2.05, 4.69) is 15.9 Å². The third-order valence-corrected chi connectivity index (χ3v) is 5.88. The highest BCUT2D eigenvalue weighted by atomic mass is 79.9. The Balaban J connectivity index is 2.50. The Morgan fingerprint density at radius 2 is 1.95 bits per heavy atom. The van der Waals surface area contributed by atoms with Gasteiger partial charge in [-0.05, 0) is 31.0 Å². The number of benzene rings is 1. The number of carbonyl (C=O) groups excluding carboxylic acids is 2. The highest BCUT2D eigenvalue weighted by Gasteiger charge is 2.30. The zero-order valence-corrected chi connectivity index (χ0v) is 14.4. The molecule has 0 spiro atoms. The maximum Gasteiger partial charge on any atom is 0.223 e. The molecule has 1 aromatic rings. The van der Waals surface area contributed by atoms with E-state index < -0.39 is 20.9 Å². The first-order valence-corrected chi connectivity index (χ1v) is 9.21. The summed E-state index contributed by atoms with van der Waals surface area (Å²) in [5.74, 6) is -0.562. The Kier molecular flexibility index (Phi) is 4.26. The quantitative estimate of drug-likeness (QED) is 0.759. The van der Waals surface area contributed by atoms with E-state index in [9.17, 15) is 18.0 Å². The van der Waals surface area contributed by atoms with Gasteiger partial charge in [-0.15, -0.1) is 0 Å². The standard InChI is InChI=1S/C14H16BrNO4S/c1-8(21(3,19)20)14(18)11-7-13-10(6-12(11)15)4-5-16(13)9(2)17/h6-8H,4-5H2,1-3H3. The van der Waals surface area contributed by atoms with Crippen molar-refractivity contribution < 1.29 is 18.0 Å². The molecule has 0 saturated heterocycles. The molecule has 0 aromatic heterocycles. The number of fused-ring (bicyclic) bond motifs is 1. The molecule has 0 bridgehead atoms. The Morgan fingerprint density at radius 3 is 2.48 bits per heavy atom. The van der Waals surface area contributed by atoms with E-state index >= 15 is 0 Å². The largest absolute Gasteiger partial charge is 0.312 e. The number of halogens is 1. The summed E-state index contributed by atoms with van der Waals surface area (Å²) in [5, 5.41) is -1.11. The Hall–Kier alpha value is -1.21. The van der Waals surface area contributed by atoms with E-state index in [1.54, 1.807) is 17.0 Å². The normalized spacial score (nSPS) is 15.7. The second kappa shape index (κ2) is 5.53. The van der Waals surface area contributed by atoms with Crippen molar-refractivity contribution in [1.29, 1.82) is 0 Å². The van der Waals surface area contributed by atoms with Crippen molar-refractivity contribution in [2.45, 2.75) is 25.5 Å². The van der Waals surface area contributed by atoms with E-state index in [-0.39, 0.29) is 5.91 Å². The van der Waals surface area contributed by atoms with Crippen LogP contribution in [0.2, 0.25) is 0 Å². The molecule has 1 amide bonds. The van der Waals surface area contributed by atoms with Crippen molar-refractivity contribution in [3.05, 3.63) is 27.7 Å². The molecule has 1 aliphatic heterocycles. The van der Waals surface area contributed by atoms with Crippen molar-refractivity contribution in [3.63, 3.8) is 0 Å². The molecule has 1 heterocycles. The number of nitrogens with zero attached hydrogens (tertiary/aromatic N) is 1. The number of anilines is 1. The van der Waals surface area contributed by atoms with Crippen LogP contribution >= 0.6 is 15.9 Å². The Bertz CT molecular complexity index is 727. The molecular formula is C14H16BrNO4S. The lowest BCUT2D eigenvalue weighted by atomic mass is 10.0. The third kappa shape index (κ3) is 3.03. The molecule has 0 aliphatic carbocycles. The van der Waals surface area contributed by atoms with E-state index in [0.29, 0.717) is 22.3 Å². The van der Waals surface area contributed by atoms with Gasteiger partial charge in [0.15, 0.2) is 15.6 Å². The molecule has 1 aliphatic rings. The minimum absolute atomic E-state index is 0.0920. The maximum atomic E-state index is 12.4. The van der Waals surface area contributed by atoms with Crippen molar-refractivity contribution in [2.75, 3.05) is 17.7 Å². The van der Waals surface area contributed by atoms with Gasteiger partial charge in [-0.2, -0.15) is 0 Å². The number of carbonyl (C=O) groups is 2. The van der Waals surface area contributed by atoms with Crippen LogP contribution < -0.4 is 4.90 Å². The van der Waals surface area contributed by atoms with Gasteiger partial charge < -0.3 is 4.90 Å². The molecule has 0 saturated carbocycles. The van der Waals surface area contributed by atoms with Crippen LogP contribution in [0.1, 0.15) is 29.8 Å². The fourth-order valence-electron chi connectivity index (χ4n) is 2.34. The van der Waals surface area contributed by atoms with Gasteiger partial charge in [0.25, 0.3) is 0 Å². The van der Waals surface area contributed by atoms with Gasteiger partial charge >= 0.3 is 0 Å². The number of rotatable bonds is 3. The van der Waals surface area contributed by atoms with Crippen LogP contribution in [0.15, 0.2) is 16.6 Å². The van der Waals surface area contributed by atoms with Crippen LogP contribution in [0.25, 0.3) is 0 Å². The first-order valence-electron chi connectivity index (χ1n) is 6.46. The molecule has 1 unspecified atom stereocenters. The second-order valence-corrected chi connectivity index (χ2v) is 8.44. The van der Waals surface area contributed by atoms with Crippen LogP contribution in [0, 0.1) is 0 Å². The summed E-state index contributed by atoms with van der Waals surface area (Å²) < 4.78 is 23.7. The zero-order chi connectivity index (χ0) is 15.9. The van der Waals surface area contributed by atoms with Crippen molar-refractivity contribution in [3.8, 4) is 0 Å². The maximum absolute atomic E-state index is 12.4. The fourth-order valence-corrected chi connectivity index (χ4v) is 3.44. The Labute approximate surface area is 132 Å². The molecule has 1 aromatic carbocycles. The van der Waals surface area contributed by atoms with E-state index in [1.807, 2.05) is 0 Å². The first kappa shape index (κ1) is 16.2. The summed E-state index contributed by atoms with van der Waals surface area (Å²) in [7, 11) is -3.46. The highest BCUT2D eigenvalue weighted by Crippen LogP contribution is 2.34. The lowest BCUT2D eigenvalue weighted by Gasteiger charge is -2.17. The van der Waals surface area contributed by atoms with Crippen LogP contribution in [0.4, 0.5) is 5.69 Å².